The van der Waals surface area contributed by atoms with E-state index in [1.165, 1.54) is 24.1 Å². The van der Waals surface area contributed by atoms with Crippen molar-refractivity contribution in [3.63, 3.8) is 0 Å². The quantitative estimate of drug-likeness (QED) is 0.743. The lowest BCUT2D eigenvalue weighted by Crippen LogP contribution is -2.20. The van der Waals surface area contributed by atoms with Crippen LogP contribution in [0.1, 0.15) is 24.0 Å². The van der Waals surface area contributed by atoms with E-state index < -0.39 is 0 Å². The first kappa shape index (κ1) is 10.6. The van der Waals surface area contributed by atoms with Crippen LogP contribution in [0.4, 0.5) is 11.4 Å². The van der Waals surface area contributed by atoms with Gasteiger partial charge in [-0.3, -0.25) is 0 Å². The number of rotatable bonds is 1. The van der Waals surface area contributed by atoms with Crippen LogP contribution in [0.25, 0.3) is 0 Å². The molecule has 0 aliphatic carbocycles. The van der Waals surface area contributed by atoms with Crippen LogP contribution >= 0.6 is 11.6 Å². The summed E-state index contributed by atoms with van der Waals surface area (Å²) in [6.07, 6.45) is 2.56. The summed E-state index contributed by atoms with van der Waals surface area (Å²) in [5.74, 6) is 0. The third-order valence-corrected chi connectivity index (χ3v) is 3.47. The first-order valence-electron chi connectivity index (χ1n) is 5.41. The van der Waals surface area contributed by atoms with Crippen molar-refractivity contribution >= 4 is 23.0 Å². The van der Waals surface area contributed by atoms with Crippen LogP contribution in [0.3, 0.4) is 0 Å². The predicted molar refractivity (Wildman–Crippen MR) is 66.8 cm³/mol. The molecule has 1 fully saturated rings. The fraction of sp³-hybridized carbons (Fsp3) is 0.500. The Bertz CT molecular complexity index is 382. The Morgan fingerprint density at radius 2 is 1.87 bits per heavy atom. The maximum atomic E-state index is 6.05. The predicted octanol–water partition coefficient (Wildman–Crippen LogP) is 3.14. The van der Waals surface area contributed by atoms with Crippen molar-refractivity contribution in [3.8, 4) is 0 Å². The van der Waals surface area contributed by atoms with Crippen molar-refractivity contribution in [1.82, 2.24) is 0 Å². The van der Waals surface area contributed by atoms with Crippen molar-refractivity contribution in [2.45, 2.75) is 26.7 Å². The van der Waals surface area contributed by atoms with Gasteiger partial charge in [0.15, 0.2) is 0 Å². The van der Waals surface area contributed by atoms with Crippen LogP contribution < -0.4 is 10.6 Å². The zero-order chi connectivity index (χ0) is 11.0. The van der Waals surface area contributed by atoms with Crippen LogP contribution in [0, 0.1) is 13.8 Å². The summed E-state index contributed by atoms with van der Waals surface area (Å²) in [6.45, 7) is 6.44. The lowest BCUT2D eigenvalue weighted by Gasteiger charge is -2.24. The van der Waals surface area contributed by atoms with Gasteiger partial charge in [-0.25, -0.2) is 0 Å². The monoisotopic (exact) mass is 224 g/mol. The summed E-state index contributed by atoms with van der Waals surface area (Å²) in [6, 6.07) is 1.97. The Balaban J connectivity index is 2.50. The van der Waals surface area contributed by atoms with Crippen LogP contribution in [-0.2, 0) is 0 Å². The van der Waals surface area contributed by atoms with E-state index in [0.29, 0.717) is 5.02 Å². The molecule has 1 aliphatic heterocycles. The Kier molecular flexibility index (Phi) is 2.79. The molecule has 0 unspecified atom stereocenters. The van der Waals surface area contributed by atoms with Gasteiger partial charge >= 0.3 is 0 Å². The molecule has 0 radical (unpaired) electrons. The number of hydrogen-bond acceptors (Lipinski definition) is 2. The molecule has 0 amide bonds. The first-order valence-corrected chi connectivity index (χ1v) is 5.79. The fourth-order valence-electron chi connectivity index (χ4n) is 2.37. The van der Waals surface area contributed by atoms with Gasteiger partial charge in [0, 0.05) is 18.8 Å². The van der Waals surface area contributed by atoms with E-state index in [9.17, 15) is 0 Å². The molecule has 1 saturated heterocycles. The summed E-state index contributed by atoms with van der Waals surface area (Å²) >= 11 is 6.05. The molecule has 1 aromatic rings. The molecule has 82 valence electrons. The molecular weight excluding hydrogens is 208 g/mol. The summed E-state index contributed by atoms with van der Waals surface area (Å²) in [5.41, 5.74) is 10.3. The third kappa shape index (κ3) is 1.78. The molecule has 2 rings (SSSR count). The standard InChI is InChI=1S/C12H17ClN2/c1-8-7-10(13)11(14)9(2)12(8)15-5-3-4-6-15/h7H,3-6,14H2,1-2H3. The Morgan fingerprint density at radius 3 is 2.47 bits per heavy atom. The normalized spacial score (nSPS) is 16.1. The van der Waals surface area contributed by atoms with Crippen LogP contribution in [0.5, 0.6) is 0 Å². The average Bonchev–Trinajstić information content (AvgIpc) is 2.68. The van der Waals surface area contributed by atoms with Gasteiger partial charge in [-0.1, -0.05) is 11.6 Å². The van der Waals surface area contributed by atoms with E-state index in [4.69, 9.17) is 17.3 Å². The average molecular weight is 225 g/mol. The van der Waals surface area contributed by atoms with Gasteiger partial charge in [0.05, 0.1) is 10.7 Å². The van der Waals surface area contributed by atoms with Gasteiger partial charge in [-0.2, -0.15) is 0 Å². The number of halogens is 1. The second-order valence-electron chi connectivity index (χ2n) is 4.26. The maximum absolute atomic E-state index is 6.05. The minimum Gasteiger partial charge on any atom is -0.397 e. The molecular formula is C12H17ClN2. The fourth-order valence-corrected chi connectivity index (χ4v) is 2.67. The molecule has 15 heavy (non-hydrogen) atoms. The molecule has 0 bridgehead atoms. The molecule has 1 heterocycles. The zero-order valence-electron chi connectivity index (χ0n) is 9.31. The highest BCUT2D eigenvalue weighted by molar-refractivity contribution is 6.33. The van der Waals surface area contributed by atoms with Crippen molar-refractivity contribution in [1.29, 1.82) is 0 Å². The largest absolute Gasteiger partial charge is 0.397 e. The number of nitrogens with zero attached hydrogens (tertiary/aromatic N) is 1. The van der Waals surface area contributed by atoms with Gasteiger partial charge in [0.2, 0.25) is 0 Å². The summed E-state index contributed by atoms with van der Waals surface area (Å²) < 4.78 is 0. The van der Waals surface area contributed by atoms with Gasteiger partial charge in [0.25, 0.3) is 0 Å². The van der Waals surface area contributed by atoms with Crippen LogP contribution in [-0.4, -0.2) is 13.1 Å². The second kappa shape index (κ2) is 3.93. The number of anilines is 2. The first-order chi connectivity index (χ1) is 7.11. The number of hydrogen-bond donors (Lipinski definition) is 1. The second-order valence-corrected chi connectivity index (χ2v) is 4.66. The summed E-state index contributed by atoms with van der Waals surface area (Å²) in [4.78, 5) is 2.41. The molecule has 2 nitrogen and oxygen atoms in total. The number of benzene rings is 1. The van der Waals surface area contributed by atoms with E-state index in [-0.39, 0.29) is 0 Å². The highest BCUT2D eigenvalue weighted by atomic mass is 35.5. The molecule has 2 N–H and O–H groups in total. The van der Waals surface area contributed by atoms with Gasteiger partial charge < -0.3 is 10.6 Å². The third-order valence-electron chi connectivity index (χ3n) is 3.16. The lowest BCUT2D eigenvalue weighted by molar-refractivity contribution is 0.949. The minimum atomic E-state index is 0.674. The highest BCUT2D eigenvalue weighted by Gasteiger charge is 2.18. The maximum Gasteiger partial charge on any atom is 0.0642 e. The summed E-state index contributed by atoms with van der Waals surface area (Å²) in [7, 11) is 0. The lowest BCUT2D eigenvalue weighted by atomic mass is 10.1. The van der Waals surface area contributed by atoms with E-state index in [1.807, 2.05) is 6.07 Å². The highest BCUT2D eigenvalue weighted by Crippen LogP contribution is 2.35. The zero-order valence-corrected chi connectivity index (χ0v) is 10.1. The van der Waals surface area contributed by atoms with E-state index in [2.05, 4.69) is 18.7 Å². The van der Waals surface area contributed by atoms with E-state index >= 15 is 0 Å². The topological polar surface area (TPSA) is 29.3 Å². The van der Waals surface area contributed by atoms with Gasteiger partial charge in [-0.15, -0.1) is 0 Å². The van der Waals surface area contributed by atoms with Gasteiger partial charge in [-0.05, 0) is 43.9 Å². The van der Waals surface area contributed by atoms with Crippen molar-refractivity contribution in [2.24, 2.45) is 0 Å². The molecule has 3 heteroatoms. The minimum absolute atomic E-state index is 0.674. The number of nitrogens with two attached hydrogens (primary N) is 1. The van der Waals surface area contributed by atoms with E-state index in [0.717, 1.165) is 24.3 Å². The molecule has 0 atom stereocenters. The molecule has 0 aromatic heterocycles. The Hall–Kier alpha value is -0.890. The molecule has 0 spiro atoms. The number of aryl methyl sites for hydroxylation is 1. The smallest absolute Gasteiger partial charge is 0.0642 e. The van der Waals surface area contributed by atoms with Crippen molar-refractivity contribution in [2.75, 3.05) is 23.7 Å². The molecule has 1 aliphatic rings. The van der Waals surface area contributed by atoms with Crippen LogP contribution in [0.15, 0.2) is 6.07 Å². The summed E-state index contributed by atoms with van der Waals surface area (Å²) in [5, 5.41) is 0.674. The SMILES string of the molecule is Cc1cc(Cl)c(N)c(C)c1N1CCCC1. The molecule has 1 aromatic carbocycles. The van der Waals surface area contributed by atoms with Gasteiger partial charge in [0.1, 0.15) is 0 Å². The number of nitrogen functional groups attached to an aromatic ring is 1. The molecule has 0 saturated carbocycles. The Morgan fingerprint density at radius 1 is 1.27 bits per heavy atom. The van der Waals surface area contributed by atoms with Crippen LogP contribution in [0.2, 0.25) is 5.02 Å². The Labute approximate surface area is 96.0 Å². The van der Waals surface area contributed by atoms with Crippen molar-refractivity contribution in [3.05, 3.63) is 22.2 Å². The van der Waals surface area contributed by atoms with Crippen molar-refractivity contribution < 1.29 is 0 Å². The van der Waals surface area contributed by atoms with E-state index in [1.54, 1.807) is 0 Å².